The molecule has 104 valence electrons. The van der Waals surface area contributed by atoms with E-state index < -0.39 is 0 Å². The second-order valence-electron chi connectivity index (χ2n) is 4.50. The number of nitrogens with one attached hydrogen (secondary N) is 1. The van der Waals surface area contributed by atoms with E-state index in [9.17, 15) is 0 Å². The molecular formula is C14H17N5S. The highest BCUT2D eigenvalue weighted by Crippen LogP contribution is 2.18. The van der Waals surface area contributed by atoms with Crippen LogP contribution in [0.25, 0.3) is 0 Å². The van der Waals surface area contributed by atoms with Gasteiger partial charge in [-0.25, -0.2) is 0 Å². The molecule has 0 spiro atoms. The van der Waals surface area contributed by atoms with E-state index in [4.69, 9.17) is 18.0 Å². The lowest BCUT2D eigenvalue weighted by Gasteiger charge is -2.12. The Bertz CT molecular complexity index is 612. The summed E-state index contributed by atoms with van der Waals surface area (Å²) in [5.41, 5.74) is 9.37. The van der Waals surface area contributed by atoms with Gasteiger partial charge in [-0.15, -0.1) is 5.10 Å². The largest absolute Gasteiger partial charge is 0.389 e. The molecule has 0 atom stereocenters. The molecule has 0 saturated carbocycles. The summed E-state index contributed by atoms with van der Waals surface area (Å²) in [5, 5.41) is 11.5. The maximum Gasteiger partial charge on any atom is 0.159 e. The highest BCUT2D eigenvalue weighted by molar-refractivity contribution is 7.80. The van der Waals surface area contributed by atoms with Gasteiger partial charge in [-0.1, -0.05) is 18.3 Å². The van der Waals surface area contributed by atoms with E-state index in [1.807, 2.05) is 32.0 Å². The maximum atomic E-state index is 5.78. The van der Waals surface area contributed by atoms with Crippen LogP contribution in [0, 0.1) is 13.8 Å². The zero-order valence-electron chi connectivity index (χ0n) is 11.6. The molecule has 2 heterocycles. The van der Waals surface area contributed by atoms with E-state index in [2.05, 4.69) is 20.5 Å². The molecule has 6 heteroatoms. The van der Waals surface area contributed by atoms with Crippen LogP contribution in [-0.4, -0.2) is 26.7 Å². The first kappa shape index (κ1) is 14.3. The molecule has 0 saturated heterocycles. The van der Waals surface area contributed by atoms with Crippen molar-refractivity contribution in [3.8, 4) is 0 Å². The molecule has 2 aromatic heterocycles. The Morgan fingerprint density at radius 1 is 1.30 bits per heavy atom. The number of aromatic nitrogens is 3. The fourth-order valence-corrected chi connectivity index (χ4v) is 2.14. The third kappa shape index (κ3) is 3.27. The van der Waals surface area contributed by atoms with Crippen LogP contribution in [0.5, 0.6) is 0 Å². The summed E-state index contributed by atoms with van der Waals surface area (Å²) in [4.78, 5) is 4.61. The van der Waals surface area contributed by atoms with Crippen molar-refractivity contribution in [1.29, 1.82) is 0 Å². The summed E-state index contributed by atoms with van der Waals surface area (Å²) in [6.07, 6.45) is 2.58. The standard InChI is InChI=1S/C14H17N5S/c1-9-10(2)18-19-14(12(9)13(15)20)17-8-6-11-5-3-4-7-16-11/h3-5,7H,6,8H2,1-2H3,(H2,15,20)(H,17,19). The lowest BCUT2D eigenvalue weighted by molar-refractivity contribution is 0.914. The van der Waals surface area contributed by atoms with Crippen molar-refractivity contribution in [2.24, 2.45) is 5.73 Å². The number of nitrogens with zero attached hydrogens (tertiary/aromatic N) is 3. The normalized spacial score (nSPS) is 10.3. The van der Waals surface area contributed by atoms with Gasteiger partial charge in [0.05, 0.1) is 11.3 Å². The molecule has 0 fully saturated rings. The highest BCUT2D eigenvalue weighted by Gasteiger charge is 2.13. The minimum Gasteiger partial charge on any atom is -0.389 e. The highest BCUT2D eigenvalue weighted by atomic mass is 32.1. The summed E-state index contributed by atoms with van der Waals surface area (Å²) in [6.45, 7) is 4.54. The van der Waals surface area contributed by atoms with Crippen molar-refractivity contribution in [2.45, 2.75) is 20.3 Å². The predicted molar refractivity (Wildman–Crippen MR) is 83.8 cm³/mol. The molecule has 2 aromatic rings. The Morgan fingerprint density at radius 2 is 2.10 bits per heavy atom. The van der Waals surface area contributed by atoms with Crippen LogP contribution in [0.2, 0.25) is 0 Å². The van der Waals surface area contributed by atoms with Crippen molar-refractivity contribution in [1.82, 2.24) is 15.2 Å². The number of anilines is 1. The average molecular weight is 287 g/mol. The molecule has 20 heavy (non-hydrogen) atoms. The van der Waals surface area contributed by atoms with Crippen LogP contribution >= 0.6 is 12.2 Å². The van der Waals surface area contributed by atoms with Crippen LogP contribution in [0.3, 0.4) is 0 Å². The summed E-state index contributed by atoms with van der Waals surface area (Å²) in [5.74, 6) is 0.636. The zero-order valence-corrected chi connectivity index (χ0v) is 12.4. The molecule has 0 amide bonds. The van der Waals surface area contributed by atoms with Crippen molar-refractivity contribution in [2.75, 3.05) is 11.9 Å². The molecule has 2 rings (SSSR count). The topological polar surface area (TPSA) is 76.7 Å². The lowest BCUT2D eigenvalue weighted by Crippen LogP contribution is -2.19. The smallest absolute Gasteiger partial charge is 0.159 e. The number of pyridine rings is 1. The Morgan fingerprint density at radius 3 is 2.75 bits per heavy atom. The first-order valence-corrected chi connectivity index (χ1v) is 6.78. The van der Waals surface area contributed by atoms with E-state index >= 15 is 0 Å². The number of rotatable bonds is 5. The molecule has 0 radical (unpaired) electrons. The van der Waals surface area contributed by atoms with E-state index in [0.717, 1.165) is 28.9 Å². The van der Waals surface area contributed by atoms with E-state index in [-0.39, 0.29) is 0 Å². The SMILES string of the molecule is Cc1nnc(NCCc2ccccn2)c(C(N)=S)c1C. The zero-order chi connectivity index (χ0) is 14.5. The van der Waals surface area contributed by atoms with Gasteiger partial charge in [0.1, 0.15) is 4.99 Å². The van der Waals surface area contributed by atoms with Gasteiger partial charge in [0, 0.05) is 24.9 Å². The van der Waals surface area contributed by atoms with Gasteiger partial charge in [0.15, 0.2) is 5.82 Å². The molecular weight excluding hydrogens is 270 g/mol. The molecule has 0 aliphatic heterocycles. The van der Waals surface area contributed by atoms with Crippen molar-refractivity contribution >= 4 is 23.0 Å². The fourth-order valence-electron chi connectivity index (χ4n) is 1.89. The fraction of sp³-hybridized carbons (Fsp3) is 0.286. The molecule has 5 nitrogen and oxygen atoms in total. The van der Waals surface area contributed by atoms with Crippen molar-refractivity contribution < 1.29 is 0 Å². The predicted octanol–water partition coefficient (Wildman–Crippen LogP) is 1.78. The molecule has 0 aromatic carbocycles. The Hall–Kier alpha value is -2.08. The Labute approximate surface area is 123 Å². The number of aryl methyl sites for hydroxylation is 1. The second kappa shape index (κ2) is 6.38. The molecule has 3 N–H and O–H groups in total. The first-order valence-electron chi connectivity index (χ1n) is 6.37. The third-order valence-electron chi connectivity index (χ3n) is 3.10. The maximum absolute atomic E-state index is 5.78. The van der Waals surface area contributed by atoms with Gasteiger partial charge in [0.25, 0.3) is 0 Å². The van der Waals surface area contributed by atoms with Gasteiger partial charge in [-0.05, 0) is 31.5 Å². The summed E-state index contributed by atoms with van der Waals surface area (Å²) in [6, 6.07) is 5.86. The van der Waals surface area contributed by atoms with Crippen LogP contribution in [0.4, 0.5) is 5.82 Å². The first-order chi connectivity index (χ1) is 9.59. The summed E-state index contributed by atoms with van der Waals surface area (Å²) >= 11 is 5.10. The van der Waals surface area contributed by atoms with Crippen molar-refractivity contribution in [3.63, 3.8) is 0 Å². The van der Waals surface area contributed by atoms with Gasteiger partial charge >= 0.3 is 0 Å². The van der Waals surface area contributed by atoms with Crippen LogP contribution in [-0.2, 0) is 6.42 Å². The number of nitrogens with two attached hydrogens (primary N) is 1. The monoisotopic (exact) mass is 287 g/mol. The van der Waals surface area contributed by atoms with Crippen LogP contribution in [0.1, 0.15) is 22.5 Å². The van der Waals surface area contributed by atoms with Crippen LogP contribution in [0.15, 0.2) is 24.4 Å². The second-order valence-corrected chi connectivity index (χ2v) is 4.94. The summed E-state index contributed by atoms with van der Waals surface area (Å²) < 4.78 is 0. The number of hydrogen-bond acceptors (Lipinski definition) is 5. The molecule has 0 aliphatic carbocycles. The Balaban J connectivity index is 2.10. The number of thiocarbonyl (C=S) groups is 1. The quantitative estimate of drug-likeness (QED) is 0.816. The van der Waals surface area contributed by atoms with E-state index in [1.54, 1.807) is 6.20 Å². The van der Waals surface area contributed by atoms with Gasteiger partial charge in [-0.3, -0.25) is 4.98 Å². The van der Waals surface area contributed by atoms with Gasteiger partial charge in [0.2, 0.25) is 0 Å². The molecule has 0 bridgehead atoms. The van der Waals surface area contributed by atoms with Crippen LogP contribution < -0.4 is 11.1 Å². The average Bonchev–Trinajstić information content (AvgIpc) is 2.43. The van der Waals surface area contributed by atoms with Crippen molar-refractivity contribution in [3.05, 3.63) is 46.9 Å². The lowest BCUT2D eigenvalue weighted by atomic mass is 10.1. The molecule has 0 aliphatic rings. The van der Waals surface area contributed by atoms with Gasteiger partial charge in [-0.2, -0.15) is 5.10 Å². The minimum atomic E-state index is 0.334. The third-order valence-corrected chi connectivity index (χ3v) is 3.30. The minimum absolute atomic E-state index is 0.334. The Kier molecular flexibility index (Phi) is 4.57. The van der Waals surface area contributed by atoms with E-state index in [0.29, 0.717) is 17.4 Å². The molecule has 0 unspecified atom stereocenters. The summed E-state index contributed by atoms with van der Waals surface area (Å²) in [7, 11) is 0. The van der Waals surface area contributed by atoms with E-state index in [1.165, 1.54) is 0 Å². The van der Waals surface area contributed by atoms with Gasteiger partial charge < -0.3 is 11.1 Å². The number of hydrogen-bond donors (Lipinski definition) is 2.